The van der Waals surface area contributed by atoms with Crippen LogP contribution in [0.3, 0.4) is 0 Å². The lowest BCUT2D eigenvalue weighted by Gasteiger charge is -2.06. The van der Waals surface area contributed by atoms with Crippen molar-refractivity contribution in [2.45, 2.75) is 26.6 Å². The zero-order chi connectivity index (χ0) is 19.3. The Morgan fingerprint density at radius 1 is 0.857 bits per heavy atom. The fraction of sp³-hybridized carbons (Fsp3) is 0.200. The number of aryl methyl sites for hydroxylation is 1. The van der Waals surface area contributed by atoms with Gasteiger partial charge in [0.05, 0.1) is 7.11 Å². The maximum Gasteiger partial charge on any atom is 0.118 e. The fourth-order valence-electron chi connectivity index (χ4n) is 3.69. The Morgan fingerprint density at radius 2 is 1.68 bits per heavy atom. The van der Waals surface area contributed by atoms with Crippen LogP contribution in [0.4, 0.5) is 0 Å². The molecule has 0 fully saturated rings. The number of hydrogen-bond acceptors (Lipinski definition) is 2. The minimum Gasteiger partial charge on any atom is -0.497 e. The summed E-state index contributed by atoms with van der Waals surface area (Å²) in [6.07, 6.45) is 2.29. The van der Waals surface area contributed by atoms with E-state index in [2.05, 4.69) is 83.7 Å². The quantitative estimate of drug-likeness (QED) is 0.478. The highest BCUT2D eigenvalue weighted by Gasteiger charge is 2.08. The summed E-state index contributed by atoms with van der Waals surface area (Å²) < 4.78 is 7.58. The van der Waals surface area contributed by atoms with Gasteiger partial charge in [-0.3, -0.25) is 0 Å². The molecule has 0 aliphatic rings. The van der Waals surface area contributed by atoms with E-state index in [9.17, 15) is 0 Å². The van der Waals surface area contributed by atoms with Gasteiger partial charge in [0.15, 0.2) is 0 Å². The second-order valence-corrected chi connectivity index (χ2v) is 7.24. The van der Waals surface area contributed by atoms with Gasteiger partial charge in [0, 0.05) is 36.7 Å². The van der Waals surface area contributed by atoms with E-state index in [1.54, 1.807) is 7.11 Å². The minimum atomic E-state index is 0.835. The van der Waals surface area contributed by atoms with Crippen LogP contribution in [0.1, 0.15) is 22.3 Å². The number of benzene rings is 3. The number of nitrogens with zero attached hydrogens (tertiary/aromatic N) is 1. The van der Waals surface area contributed by atoms with Crippen molar-refractivity contribution in [2.75, 3.05) is 7.11 Å². The fourth-order valence-corrected chi connectivity index (χ4v) is 3.69. The number of para-hydroxylation sites is 1. The molecular formula is C25H26N2O. The zero-order valence-corrected chi connectivity index (χ0v) is 16.5. The van der Waals surface area contributed by atoms with Gasteiger partial charge in [-0.25, -0.2) is 0 Å². The first kappa shape index (κ1) is 18.3. The van der Waals surface area contributed by atoms with E-state index in [0.29, 0.717) is 0 Å². The summed E-state index contributed by atoms with van der Waals surface area (Å²) in [7, 11) is 1.69. The molecule has 142 valence electrons. The van der Waals surface area contributed by atoms with Crippen LogP contribution in [0.15, 0.2) is 79.0 Å². The first-order chi connectivity index (χ1) is 13.7. The molecule has 4 rings (SSSR count). The summed E-state index contributed by atoms with van der Waals surface area (Å²) in [4.78, 5) is 0. The summed E-state index contributed by atoms with van der Waals surface area (Å²) in [6.45, 7) is 4.71. The highest BCUT2D eigenvalue weighted by molar-refractivity contribution is 5.84. The molecule has 3 aromatic carbocycles. The predicted molar refractivity (Wildman–Crippen MR) is 116 cm³/mol. The molecule has 0 aliphatic carbocycles. The number of methoxy groups -OCH3 is 1. The molecule has 0 unspecified atom stereocenters. The second kappa shape index (κ2) is 8.32. The molecule has 3 nitrogen and oxygen atoms in total. The number of aromatic nitrogens is 1. The molecule has 0 radical (unpaired) electrons. The van der Waals surface area contributed by atoms with Crippen molar-refractivity contribution in [2.24, 2.45) is 0 Å². The smallest absolute Gasteiger partial charge is 0.118 e. The topological polar surface area (TPSA) is 26.2 Å². The SMILES string of the molecule is COc1ccc(CNCc2cn(Cc3cccc(C)c3)c3ccccc23)cc1. The monoisotopic (exact) mass is 370 g/mol. The van der Waals surface area contributed by atoms with Crippen molar-refractivity contribution in [3.8, 4) is 5.75 Å². The van der Waals surface area contributed by atoms with Crippen molar-refractivity contribution >= 4 is 10.9 Å². The lowest BCUT2D eigenvalue weighted by atomic mass is 10.1. The third kappa shape index (κ3) is 4.10. The molecule has 0 atom stereocenters. The standard InChI is InChI=1S/C25H26N2O/c1-19-6-5-7-21(14-19)17-27-18-22(24-8-3-4-9-25(24)27)16-26-15-20-10-12-23(28-2)13-11-20/h3-14,18,26H,15-17H2,1-2H3. The Bertz CT molecular complexity index is 1060. The molecule has 0 saturated heterocycles. The van der Waals surface area contributed by atoms with Crippen LogP contribution in [0.25, 0.3) is 10.9 Å². The summed E-state index contributed by atoms with van der Waals surface area (Å²) >= 11 is 0. The van der Waals surface area contributed by atoms with Crippen LogP contribution in [0.2, 0.25) is 0 Å². The van der Waals surface area contributed by atoms with Crippen molar-refractivity contribution in [3.05, 3.63) is 101 Å². The van der Waals surface area contributed by atoms with Crippen LogP contribution in [-0.2, 0) is 19.6 Å². The highest BCUT2D eigenvalue weighted by Crippen LogP contribution is 2.23. The predicted octanol–water partition coefficient (Wildman–Crippen LogP) is 5.30. The lowest BCUT2D eigenvalue weighted by Crippen LogP contribution is -2.12. The summed E-state index contributed by atoms with van der Waals surface area (Å²) in [5.41, 5.74) is 6.50. The maximum absolute atomic E-state index is 5.23. The molecule has 1 heterocycles. The van der Waals surface area contributed by atoms with E-state index in [1.807, 2.05) is 12.1 Å². The van der Waals surface area contributed by atoms with E-state index in [0.717, 1.165) is 25.4 Å². The van der Waals surface area contributed by atoms with E-state index in [-0.39, 0.29) is 0 Å². The molecule has 0 spiro atoms. The summed E-state index contributed by atoms with van der Waals surface area (Å²) in [5.74, 6) is 0.892. The number of ether oxygens (including phenoxy) is 1. The average Bonchev–Trinajstić information content (AvgIpc) is 3.06. The maximum atomic E-state index is 5.23. The molecular weight excluding hydrogens is 344 g/mol. The van der Waals surface area contributed by atoms with Gasteiger partial charge < -0.3 is 14.6 Å². The van der Waals surface area contributed by atoms with Crippen LogP contribution < -0.4 is 10.1 Å². The summed E-state index contributed by atoms with van der Waals surface area (Å²) in [6, 6.07) is 25.6. The van der Waals surface area contributed by atoms with Crippen molar-refractivity contribution in [1.82, 2.24) is 9.88 Å². The van der Waals surface area contributed by atoms with Gasteiger partial charge in [0.25, 0.3) is 0 Å². The largest absolute Gasteiger partial charge is 0.497 e. The Hall–Kier alpha value is -3.04. The van der Waals surface area contributed by atoms with Gasteiger partial charge in [-0.15, -0.1) is 0 Å². The van der Waals surface area contributed by atoms with Crippen LogP contribution in [0.5, 0.6) is 5.75 Å². The third-order valence-corrected chi connectivity index (χ3v) is 5.11. The molecule has 1 aromatic heterocycles. The molecule has 1 N–H and O–H groups in total. The van der Waals surface area contributed by atoms with Crippen LogP contribution in [-0.4, -0.2) is 11.7 Å². The Labute approximate surface area is 166 Å². The molecule has 0 amide bonds. The molecule has 4 aromatic rings. The van der Waals surface area contributed by atoms with Gasteiger partial charge >= 0.3 is 0 Å². The van der Waals surface area contributed by atoms with E-state index < -0.39 is 0 Å². The van der Waals surface area contributed by atoms with Crippen LogP contribution in [0, 0.1) is 6.92 Å². The molecule has 3 heteroatoms. The van der Waals surface area contributed by atoms with Gasteiger partial charge in [-0.05, 0) is 41.8 Å². The minimum absolute atomic E-state index is 0.835. The molecule has 0 bridgehead atoms. The lowest BCUT2D eigenvalue weighted by molar-refractivity contribution is 0.414. The van der Waals surface area contributed by atoms with E-state index in [4.69, 9.17) is 4.74 Å². The Kier molecular flexibility index (Phi) is 5.45. The van der Waals surface area contributed by atoms with Gasteiger partial charge in [-0.1, -0.05) is 60.2 Å². The van der Waals surface area contributed by atoms with E-state index >= 15 is 0 Å². The number of nitrogens with one attached hydrogen (secondary N) is 1. The van der Waals surface area contributed by atoms with Crippen LogP contribution >= 0.6 is 0 Å². The molecule has 0 saturated carbocycles. The Balaban J connectivity index is 1.50. The van der Waals surface area contributed by atoms with Gasteiger partial charge in [0.1, 0.15) is 5.75 Å². The number of hydrogen-bond donors (Lipinski definition) is 1. The van der Waals surface area contributed by atoms with Gasteiger partial charge in [0.2, 0.25) is 0 Å². The Morgan fingerprint density at radius 3 is 2.46 bits per heavy atom. The summed E-state index contributed by atoms with van der Waals surface area (Å²) in [5, 5.41) is 4.90. The highest BCUT2D eigenvalue weighted by atomic mass is 16.5. The normalized spacial score (nSPS) is 11.1. The number of rotatable bonds is 7. The average molecular weight is 370 g/mol. The first-order valence-electron chi connectivity index (χ1n) is 9.69. The zero-order valence-electron chi connectivity index (χ0n) is 16.5. The molecule has 28 heavy (non-hydrogen) atoms. The second-order valence-electron chi connectivity index (χ2n) is 7.24. The molecule has 0 aliphatic heterocycles. The van der Waals surface area contributed by atoms with E-state index in [1.165, 1.54) is 33.2 Å². The number of fused-ring (bicyclic) bond motifs is 1. The van der Waals surface area contributed by atoms with Crippen molar-refractivity contribution in [1.29, 1.82) is 0 Å². The van der Waals surface area contributed by atoms with Crippen molar-refractivity contribution in [3.63, 3.8) is 0 Å². The van der Waals surface area contributed by atoms with Crippen molar-refractivity contribution < 1.29 is 4.74 Å². The first-order valence-corrected chi connectivity index (χ1v) is 9.69. The third-order valence-electron chi connectivity index (χ3n) is 5.11. The van der Waals surface area contributed by atoms with Gasteiger partial charge in [-0.2, -0.15) is 0 Å².